The number of nitrogens with two attached hydrogens (primary N) is 1. The standard InChI is InChI=1S/C10H13N5S2/c1-6-4-7(11)8(12-5-6)16-10-14-13-9(17-10)15(2)3/h4-5H,11H2,1-3H3. The molecule has 0 saturated carbocycles. The first-order valence-corrected chi connectivity index (χ1v) is 6.60. The Balaban J connectivity index is 2.19. The quantitative estimate of drug-likeness (QED) is 0.918. The van der Waals surface area contributed by atoms with Gasteiger partial charge in [-0.25, -0.2) is 4.98 Å². The van der Waals surface area contributed by atoms with Crippen LogP contribution in [0.5, 0.6) is 0 Å². The Morgan fingerprint density at radius 3 is 2.71 bits per heavy atom. The molecule has 5 nitrogen and oxygen atoms in total. The Bertz CT molecular complexity index is 523. The molecule has 2 aromatic heterocycles. The second kappa shape index (κ2) is 4.89. The zero-order chi connectivity index (χ0) is 12.4. The molecule has 17 heavy (non-hydrogen) atoms. The van der Waals surface area contributed by atoms with Crippen molar-refractivity contribution in [3.63, 3.8) is 0 Å². The van der Waals surface area contributed by atoms with Crippen LogP contribution in [-0.4, -0.2) is 29.3 Å². The summed E-state index contributed by atoms with van der Waals surface area (Å²) in [7, 11) is 3.88. The van der Waals surface area contributed by atoms with Crippen molar-refractivity contribution < 1.29 is 0 Å². The number of nitrogens with zero attached hydrogens (tertiary/aromatic N) is 4. The Labute approximate surface area is 108 Å². The summed E-state index contributed by atoms with van der Waals surface area (Å²) < 4.78 is 0.844. The van der Waals surface area contributed by atoms with E-state index in [1.165, 1.54) is 23.1 Å². The van der Waals surface area contributed by atoms with Gasteiger partial charge in [0.25, 0.3) is 0 Å². The van der Waals surface area contributed by atoms with Crippen LogP contribution >= 0.6 is 23.1 Å². The molecule has 0 spiro atoms. The van der Waals surface area contributed by atoms with Gasteiger partial charge in [-0.05, 0) is 30.3 Å². The highest BCUT2D eigenvalue weighted by Gasteiger charge is 2.10. The summed E-state index contributed by atoms with van der Waals surface area (Å²) >= 11 is 2.96. The molecule has 0 fully saturated rings. The smallest absolute Gasteiger partial charge is 0.208 e. The summed E-state index contributed by atoms with van der Waals surface area (Å²) in [5, 5.41) is 9.80. The van der Waals surface area contributed by atoms with Gasteiger partial charge in [0.2, 0.25) is 5.13 Å². The van der Waals surface area contributed by atoms with Crippen LogP contribution in [-0.2, 0) is 0 Å². The maximum Gasteiger partial charge on any atom is 0.208 e. The van der Waals surface area contributed by atoms with Gasteiger partial charge in [0.15, 0.2) is 4.34 Å². The minimum atomic E-state index is 0.677. The van der Waals surface area contributed by atoms with Crippen LogP contribution in [0.25, 0.3) is 0 Å². The largest absolute Gasteiger partial charge is 0.397 e. The fraction of sp³-hybridized carbons (Fsp3) is 0.300. The van der Waals surface area contributed by atoms with Gasteiger partial charge in [0.05, 0.1) is 5.69 Å². The third-order valence-electron chi connectivity index (χ3n) is 1.98. The molecule has 0 bridgehead atoms. The lowest BCUT2D eigenvalue weighted by Crippen LogP contribution is -2.07. The van der Waals surface area contributed by atoms with Crippen molar-refractivity contribution in [3.05, 3.63) is 17.8 Å². The highest BCUT2D eigenvalue weighted by Crippen LogP contribution is 2.34. The van der Waals surface area contributed by atoms with E-state index in [0.717, 1.165) is 20.1 Å². The third-order valence-corrected chi connectivity index (χ3v) is 4.15. The van der Waals surface area contributed by atoms with E-state index in [9.17, 15) is 0 Å². The number of aryl methyl sites for hydroxylation is 1. The number of rotatable bonds is 3. The van der Waals surface area contributed by atoms with E-state index in [4.69, 9.17) is 5.73 Å². The maximum atomic E-state index is 5.90. The summed E-state index contributed by atoms with van der Waals surface area (Å²) in [6, 6.07) is 1.91. The van der Waals surface area contributed by atoms with Crippen LogP contribution in [0.2, 0.25) is 0 Å². The SMILES string of the molecule is Cc1cnc(Sc2nnc(N(C)C)s2)c(N)c1. The highest BCUT2D eigenvalue weighted by atomic mass is 32.2. The molecule has 0 aliphatic heterocycles. The van der Waals surface area contributed by atoms with Gasteiger partial charge in [0.1, 0.15) is 5.03 Å². The number of aromatic nitrogens is 3. The van der Waals surface area contributed by atoms with Gasteiger partial charge in [0, 0.05) is 20.3 Å². The van der Waals surface area contributed by atoms with Crippen molar-refractivity contribution in [1.29, 1.82) is 0 Å². The lowest BCUT2D eigenvalue weighted by Gasteiger charge is -2.04. The van der Waals surface area contributed by atoms with E-state index in [1.54, 1.807) is 6.20 Å². The monoisotopic (exact) mass is 267 g/mol. The molecule has 0 aromatic carbocycles. The van der Waals surface area contributed by atoms with Crippen LogP contribution in [0, 0.1) is 6.92 Å². The topological polar surface area (TPSA) is 67.9 Å². The number of hydrogen-bond acceptors (Lipinski definition) is 7. The Morgan fingerprint density at radius 1 is 1.35 bits per heavy atom. The zero-order valence-corrected chi connectivity index (χ0v) is 11.5. The lowest BCUT2D eigenvalue weighted by molar-refractivity contribution is 0.970. The van der Waals surface area contributed by atoms with Crippen molar-refractivity contribution in [3.8, 4) is 0 Å². The summed E-state index contributed by atoms with van der Waals surface area (Å²) in [5.41, 5.74) is 7.63. The number of anilines is 2. The summed E-state index contributed by atoms with van der Waals surface area (Å²) in [6.45, 7) is 1.97. The molecule has 0 saturated heterocycles. The van der Waals surface area contributed by atoms with Crippen LogP contribution < -0.4 is 10.6 Å². The predicted molar refractivity (Wildman–Crippen MR) is 71.7 cm³/mol. The van der Waals surface area contributed by atoms with Crippen LogP contribution in [0.4, 0.5) is 10.8 Å². The lowest BCUT2D eigenvalue weighted by atomic mass is 10.3. The van der Waals surface area contributed by atoms with Crippen LogP contribution in [0.3, 0.4) is 0 Å². The summed E-state index contributed by atoms with van der Waals surface area (Å²) in [5.74, 6) is 0. The molecule has 2 N–H and O–H groups in total. The molecule has 0 aliphatic carbocycles. The van der Waals surface area contributed by atoms with Crippen molar-refractivity contribution in [2.24, 2.45) is 0 Å². The molecule has 2 heterocycles. The van der Waals surface area contributed by atoms with Crippen molar-refractivity contribution in [2.45, 2.75) is 16.3 Å². The van der Waals surface area contributed by atoms with Crippen molar-refractivity contribution >= 4 is 33.9 Å². The fourth-order valence-corrected chi connectivity index (χ4v) is 2.83. The maximum absolute atomic E-state index is 5.90. The first-order chi connectivity index (χ1) is 8.06. The highest BCUT2D eigenvalue weighted by molar-refractivity contribution is 8.01. The van der Waals surface area contributed by atoms with E-state index in [1.807, 2.05) is 32.0 Å². The van der Waals surface area contributed by atoms with Gasteiger partial charge < -0.3 is 10.6 Å². The molecule has 7 heteroatoms. The van der Waals surface area contributed by atoms with Gasteiger partial charge >= 0.3 is 0 Å². The molecule has 0 aliphatic rings. The molecule has 2 aromatic rings. The zero-order valence-electron chi connectivity index (χ0n) is 9.84. The summed E-state index contributed by atoms with van der Waals surface area (Å²) in [4.78, 5) is 6.21. The predicted octanol–water partition coefficient (Wildman–Crippen LogP) is 2.04. The first-order valence-electron chi connectivity index (χ1n) is 4.97. The molecular formula is C10H13N5S2. The Hall–Kier alpha value is -1.34. The first kappa shape index (κ1) is 12.1. The normalized spacial score (nSPS) is 10.5. The Kier molecular flexibility index (Phi) is 3.49. The van der Waals surface area contributed by atoms with Gasteiger partial charge in [-0.2, -0.15) is 0 Å². The molecular weight excluding hydrogens is 254 g/mol. The number of pyridine rings is 1. The second-order valence-corrected chi connectivity index (χ2v) is 5.95. The molecule has 2 rings (SSSR count). The van der Waals surface area contributed by atoms with Gasteiger partial charge in [-0.1, -0.05) is 11.3 Å². The van der Waals surface area contributed by atoms with Crippen molar-refractivity contribution in [1.82, 2.24) is 15.2 Å². The molecule has 0 atom stereocenters. The molecule has 0 radical (unpaired) electrons. The van der Waals surface area contributed by atoms with E-state index >= 15 is 0 Å². The average Bonchev–Trinajstić information content (AvgIpc) is 2.71. The van der Waals surface area contributed by atoms with E-state index < -0.39 is 0 Å². The number of hydrogen-bond donors (Lipinski definition) is 1. The van der Waals surface area contributed by atoms with Gasteiger partial charge in [-0.15, -0.1) is 10.2 Å². The third kappa shape index (κ3) is 2.86. The van der Waals surface area contributed by atoms with E-state index in [0.29, 0.717) is 5.69 Å². The second-order valence-electron chi connectivity index (χ2n) is 3.75. The molecule has 0 unspecified atom stereocenters. The van der Waals surface area contributed by atoms with Crippen LogP contribution in [0.15, 0.2) is 21.6 Å². The Morgan fingerprint density at radius 2 is 2.12 bits per heavy atom. The minimum absolute atomic E-state index is 0.677. The van der Waals surface area contributed by atoms with Gasteiger partial charge in [-0.3, -0.25) is 0 Å². The summed E-state index contributed by atoms with van der Waals surface area (Å²) in [6.07, 6.45) is 1.80. The van der Waals surface area contributed by atoms with Crippen LogP contribution in [0.1, 0.15) is 5.56 Å². The molecule has 90 valence electrons. The van der Waals surface area contributed by atoms with Crippen molar-refractivity contribution in [2.75, 3.05) is 24.7 Å². The molecule has 0 amide bonds. The fourth-order valence-electron chi connectivity index (χ4n) is 1.17. The van der Waals surface area contributed by atoms with E-state index in [-0.39, 0.29) is 0 Å². The minimum Gasteiger partial charge on any atom is -0.397 e. The van der Waals surface area contributed by atoms with E-state index in [2.05, 4.69) is 15.2 Å². The number of nitrogen functional groups attached to an aromatic ring is 1. The average molecular weight is 267 g/mol.